The van der Waals surface area contributed by atoms with Crippen LogP contribution in [0.5, 0.6) is 5.75 Å². The molecule has 2 aromatic rings. The first-order valence-corrected chi connectivity index (χ1v) is 6.42. The molecule has 0 fully saturated rings. The number of methoxy groups -OCH3 is 1. The van der Waals surface area contributed by atoms with E-state index < -0.39 is 0 Å². The van der Waals surface area contributed by atoms with Gasteiger partial charge in [-0.1, -0.05) is 37.6 Å². The number of halogens is 1. The van der Waals surface area contributed by atoms with Crippen molar-refractivity contribution < 1.29 is 9.84 Å². The van der Waals surface area contributed by atoms with Gasteiger partial charge >= 0.3 is 0 Å². The molecule has 1 aromatic heterocycles. The fourth-order valence-electron chi connectivity index (χ4n) is 2.27. The third kappa shape index (κ3) is 2.08. The molecule has 0 radical (unpaired) electrons. The van der Waals surface area contributed by atoms with Gasteiger partial charge in [0.25, 0.3) is 0 Å². The average molecular weight is 268 g/mol. The third-order valence-electron chi connectivity index (χ3n) is 3.01. The zero-order chi connectivity index (χ0) is 13.3. The number of aromatic nitrogens is 1. The van der Waals surface area contributed by atoms with E-state index >= 15 is 0 Å². The maximum atomic E-state index is 9.49. The van der Waals surface area contributed by atoms with Gasteiger partial charge in [-0.15, -0.1) is 0 Å². The molecule has 2 rings (SSSR count). The largest absolute Gasteiger partial charge is 0.495 e. The number of rotatable bonds is 4. The zero-order valence-electron chi connectivity index (χ0n) is 10.9. The molecule has 1 N–H and O–H groups in total. The molecule has 0 spiro atoms. The molecule has 0 amide bonds. The van der Waals surface area contributed by atoms with Crippen LogP contribution in [0, 0.1) is 5.92 Å². The van der Waals surface area contributed by atoms with Crippen molar-refractivity contribution in [3.8, 4) is 5.75 Å². The Bertz CT molecular complexity index is 560. The highest BCUT2D eigenvalue weighted by Crippen LogP contribution is 2.36. The van der Waals surface area contributed by atoms with Crippen molar-refractivity contribution in [3.63, 3.8) is 0 Å². The lowest BCUT2D eigenvalue weighted by atomic mass is 10.1. The smallest absolute Gasteiger partial charge is 0.143 e. The van der Waals surface area contributed by atoms with Gasteiger partial charge in [0.15, 0.2) is 0 Å². The van der Waals surface area contributed by atoms with E-state index in [4.69, 9.17) is 16.3 Å². The van der Waals surface area contributed by atoms with Gasteiger partial charge in [-0.25, -0.2) is 0 Å². The monoisotopic (exact) mass is 267 g/mol. The molecule has 18 heavy (non-hydrogen) atoms. The van der Waals surface area contributed by atoms with E-state index in [0.29, 0.717) is 11.1 Å². The third-order valence-corrected chi connectivity index (χ3v) is 3.44. The Hall–Kier alpha value is -1.19. The van der Waals surface area contributed by atoms with E-state index in [2.05, 4.69) is 13.8 Å². The van der Waals surface area contributed by atoms with Crippen molar-refractivity contribution in [2.75, 3.05) is 7.11 Å². The molecule has 98 valence electrons. The summed E-state index contributed by atoms with van der Waals surface area (Å²) in [7, 11) is 1.65. The number of ether oxygens (including phenoxy) is 1. The molecule has 1 heterocycles. The van der Waals surface area contributed by atoms with E-state index in [9.17, 15) is 5.11 Å². The highest BCUT2D eigenvalue weighted by Gasteiger charge is 2.18. The average Bonchev–Trinajstić information content (AvgIpc) is 2.61. The summed E-state index contributed by atoms with van der Waals surface area (Å²) in [4.78, 5) is 0. The quantitative estimate of drug-likeness (QED) is 0.921. The molecule has 0 saturated carbocycles. The highest BCUT2D eigenvalue weighted by molar-refractivity contribution is 6.32. The zero-order valence-corrected chi connectivity index (χ0v) is 11.7. The summed E-state index contributed by atoms with van der Waals surface area (Å²) in [6.07, 6.45) is 0. The predicted molar refractivity (Wildman–Crippen MR) is 74.3 cm³/mol. The Labute approximate surface area is 112 Å². The van der Waals surface area contributed by atoms with E-state index in [1.165, 1.54) is 0 Å². The van der Waals surface area contributed by atoms with Gasteiger partial charge in [-0.2, -0.15) is 0 Å². The molecule has 0 aliphatic heterocycles. The van der Waals surface area contributed by atoms with Gasteiger partial charge in [-0.05, 0) is 12.0 Å². The van der Waals surface area contributed by atoms with Gasteiger partial charge in [0.1, 0.15) is 10.9 Å². The minimum atomic E-state index is -0.0619. The summed E-state index contributed by atoms with van der Waals surface area (Å²) in [5, 5.41) is 11.1. The van der Waals surface area contributed by atoms with Gasteiger partial charge in [0.2, 0.25) is 0 Å². The van der Waals surface area contributed by atoms with Gasteiger partial charge < -0.3 is 14.4 Å². The maximum absolute atomic E-state index is 9.49. The van der Waals surface area contributed by atoms with E-state index in [-0.39, 0.29) is 6.61 Å². The molecule has 4 heteroatoms. The van der Waals surface area contributed by atoms with Crippen molar-refractivity contribution in [3.05, 3.63) is 28.9 Å². The number of benzene rings is 1. The molecule has 0 unspecified atom stereocenters. The maximum Gasteiger partial charge on any atom is 0.143 e. The highest BCUT2D eigenvalue weighted by atomic mass is 35.5. The van der Waals surface area contributed by atoms with Crippen LogP contribution in [-0.2, 0) is 13.2 Å². The number of fused-ring (bicyclic) bond motifs is 1. The summed E-state index contributed by atoms with van der Waals surface area (Å²) < 4.78 is 7.42. The number of hydrogen-bond donors (Lipinski definition) is 1. The van der Waals surface area contributed by atoms with Crippen LogP contribution >= 0.6 is 11.6 Å². The molecule has 0 saturated heterocycles. The topological polar surface area (TPSA) is 34.4 Å². The van der Waals surface area contributed by atoms with Gasteiger partial charge in [0, 0.05) is 17.5 Å². The number of aliphatic hydroxyl groups is 1. The second-order valence-corrected chi connectivity index (χ2v) is 5.15. The lowest BCUT2D eigenvalue weighted by Crippen LogP contribution is -2.05. The molecule has 0 aliphatic carbocycles. The minimum Gasteiger partial charge on any atom is -0.495 e. The lowest BCUT2D eigenvalue weighted by Gasteiger charge is -2.12. The summed E-state index contributed by atoms with van der Waals surface area (Å²) >= 11 is 6.37. The van der Waals surface area contributed by atoms with Crippen LogP contribution in [0.3, 0.4) is 0 Å². The van der Waals surface area contributed by atoms with Crippen molar-refractivity contribution >= 4 is 22.5 Å². The lowest BCUT2D eigenvalue weighted by molar-refractivity contribution is 0.283. The van der Waals surface area contributed by atoms with Crippen molar-refractivity contribution in [1.29, 1.82) is 0 Å². The molecular weight excluding hydrogens is 250 g/mol. The SMILES string of the molecule is COc1cccc2c(CO)c(Cl)n(CC(C)C)c12. The number of hydrogen-bond acceptors (Lipinski definition) is 2. The standard InChI is InChI=1S/C14H18ClNO2/c1-9(2)7-16-13-10(11(8-17)14(16)15)5-4-6-12(13)18-3/h4-6,9,17H,7-8H2,1-3H3. The van der Waals surface area contributed by atoms with Crippen LogP contribution in [0.2, 0.25) is 5.15 Å². The van der Waals surface area contributed by atoms with E-state index in [1.54, 1.807) is 7.11 Å². The first-order valence-electron chi connectivity index (χ1n) is 6.04. The summed E-state index contributed by atoms with van der Waals surface area (Å²) in [6.45, 7) is 5.01. The van der Waals surface area contributed by atoms with E-state index in [0.717, 1.165) is 28.8 Å². The minimum absolute atomic E-state index is 0.0619. The summed E-state index contributed by atoms with van der Waals surface area (Å²) in [5.41, 5.74) is 1.73. The normalized spacial score (nSPS) is 11.4. The predicted octanol–water partition coefficient (Wildman–Crippen LogP) is 3.45. The Morgan fingerprint density at radius 2 is 2.11 bits per heavy atom. The van der Waals surface area contributed by atoms with Gasteiger partial charge in [-0.3, -0.25) is 0 Å². The van der Waals surface area contributed by atoms with E-state index in [1.807, 2.05) is 22.8 Å². The van der Waals surface area contributed by atoms with Crippen LogP contribution in [0.1, 0.15) is 19.4 Å². The molecular formula is C14H18ClNO2. The van der Waals surface area contributed by atoms with Crippen LogP contribution in [0.4, 0.5) is 0 Å². The van der Waals surface area contributed by atoms with Crippen LogP contribution in [0.15, 0.2) is 18.2 Å². The Morgan fingerprint density at radius 3 is 2.67 bits per heavy atom. The Morgan fingerprint density at radius 1 is 1.39 bits per heavy atom. The van der Waals surface area contributed by atoms with Crippen LogP contribution < -0.4 is 4.74 Å². The van der Waals surface area contributed by atoms with Gasteiger partial charge in [0.05, 0.1) is 19.2 Å². The summed E-state index contributed by atoms with van der Waals surface area (Å²) in [6, 6.07) is 5.79. The first-order chi connectivity index (χ1) is 8.60. The fraction of sp³-hybridized carbons (Fsp3) is 0.429. The Balaban J connectivity index is 2.77. The first kappa shape index (κ1) is 13.2. The Kier molecular flexibility index (Phi) is 3.83. The number of aliphatic hydroxyl groups excluding tert-OH is 1. The second kappa shape index (κ2) is 5.21. The molecule has 0 bridgehead atoms. The summed E-state index contributed by atoms with van der Waals surface area (Å²) in [5.74, 6) is 1.25. The molecule has 1 aromatic carbocycles. The van der Waals surface area contributed by atoms with Crippen molar-refractivity contribution in [2.45, 2.75) is 27.0 Å². The number of nitrogens with zero attached hydrogens (tertiary/aromatic N) is 1. The fourth-order valence-corrected chi connectivity index (χ4v) is 2.58. The molecule has 0 aliphatic rings. The van der Waals surface area contributed by atoms with Crippen LogP contribution in [0.25, 0.3) is 10.9 Å². The number of para-hydroxylation sites is 1. The molecule has 3 nitrogen and oxygen atoms in total. The van der Waals surface area contributed by atoms with Crippen LogP contribution in [-0.4, -0.2) is 16.8 Å². The molecule has 0 atom stereocenters. The van der Waals surface area contributed by atoms with Crippen molar-refractivity contribution in [1.82, 2.24) is 4.57 Å². The second-order valence-electron chi connectivity index (χ2n) is 4.79. The van der Waals surface area contributed by atoms with Crippen molar-refractivity contribution in [2.24, 2.45) is 5.92 Å².